The van der Waals surface area contributed by atoms with Gasteiger partial charge in [0.1, 0.15) is 29.0 Å². The van der Waals surface area contributed by atoms with Crippen LogP contribution in [0.4, 0.5) is 14.5 Å². The van der Waals surface area contributed by atoms with Crippen LogP contribution in [0.15, 0.2) is 71.8 Å². The molecule has 2 aliphatic heterocycles. The summed E-state index contributed by atoms with van der Waals surface area (Å²) in [6, 6.07) is 12.1. The smallest absolute Gasteiger partial charge is 0.337 e. The van der Waals surface area contributed by atoms with E-state index < -0.39 is 41.3 Å². The van der Waals surface area contributed by atoms with E-state index in [1.54, 1.807) is 19.1 Å². The third-order valence-electron chi connectivity index (χ3n) is 7.20. The lowest BCUT2D eigenvalue weighted by Gasteiger charge is -2.36. The molecular formula is C30H35F2N3O4. The zero-order chi connectivity index (χ0) is 28.0. The van der Waals surface area contributed by atoms with E-state index >= 15 is 0 Å². The lowest BCUT2D eigenvalue weighted by atomic mass is 9.78. The van der Waals surface area contributed by atoms with Crippen molar-refractivity contribution < 1.29 is 27.8 Å². The Bertz CT molecular complexity index is 1230. The summed E-state index contributed by atoms with van der Waals surface area (Å²) in [6.45, 7) is 8.58. The molecular weight excluding hydrogens is 504 g/mol. The van der Waals surface area contributed by atoms with E-state index in [0.717, 1.165) is 30.8 Å². The molecule has 2 aliphatic rings. The van der Waals surface area contributed by atoms with Crippen molar-refractivity contribution in [3.63, 3.8) is 0 Å². The van der Waals surface area contributed by atoms with Crippen molar-refractivity contribution in [1.29, 1.82) is 0 Å². The molecule has 0 aliphatic carbocycles. The molecule has 7 nitrogen and oxygen atoms in total. The highest BCUT2D eigenvalue weighted by Crippen LogP contribution is 2.47. The number of likely N-dealkylation sites (N-methyl/N-ethyl adjacent to an activating group) is 1. The molecule has 2 heterocycles. The number of para-hydroxylation sites is 1. The second-order valence-corrected chi connectivity index (χ2v) is 9.47. The van der Waals surface area contributed by atoms with Crippen molar-refractivity contribution in [2.75, 3.05) is 38.1 Å². The Morgan fingerprint density at radius 3 is 2.38 bits per heavy atom. The van der Waals surface area contributed by atoms with Crippen LogP contribution in [0, 0.1) is 11.6 Å². The predicted octanol–water partition coefficient (Wildman–Crippen LogP) is 4.01. The fourth-order valence-electron chi connectivity index (χ4n) is 5.19. The SMILES string of the molecule is CCOC(=O)C1=C(C(=O)NCCN(CC)CC)C2C=CC1(C(Cc1ccccc1)Nc1c(F)cccc1F)O2. The molecule has 0 spiro atoms. The Hall–Kier alpha value is -3.56. The second kappa shape index (κ2) is 12.5. The highest BCUT2D eigenvalue weighted by molar-refractivity contribution is 6.07. The quantitative estimate of drug-likeness (QED) is 0.296. The molecule has 0 saturated heterocycles. The van der Waals surface area contributed by atoms with Crippen molar-refractivity contribution in [2.24, 2.45) is 0 Å². The molecule has 0 radical (unpaired) electrons. The van der Waals surface area contributed by atoms with Crippen LogP contribution >= 0.6 is 0 Å². The van der Waals surface area contributed by atoms with Gasteiger partial charge in [-0.2, -0.15) is 0 Å². The summed E-state index contributed by atoms with van der Waals surface area (Å²) in [5, 5.41) is 5.89. The molecule has 2 aromatic carbocycles. The normalized spacial score (nSPS) is 20.4. The number of ether oxygens (including phenoxy) is 2. The molecule has 0 fully saturated rings. The van der Waals surface area contributed by atoms with Crippen LogP contribution in [0.3, 0.4) is 0 Å². The van der Waals surface area contributed by atoms with Crippen molar-refractivity contribution >= 4 is 17.6 Å². The zero-order valence-electron chi connectivity index (χ0n) is 22.5. The van der Waals surface area contributed by atoms with Gasteiger partial charge in [-0.3, -0.25) is 4.79 Å². The minimum Gasteiger partial charge on any atom is -0.463 e. The van der Waals surface area contributed by atoms with E-state index in [4.69, 9.17) is 9.47 Å². The summed E-state index contributed by atoms with van der Waals surface area (Å²) < 4.78 is 41.3. The lowest BCUT2D eigenvalue weighted by molar-refractivity contribution is -0.140. The van der Waals surface area contributed by atoms with Crippen molar-refractivity contribution in [3.05, 3.63) is 89.0 Å². The van der Waals surface area contributed by atoms with E-state index in [1.807, 2.05) is 44.2 Å². The number of benzene rings is 2. The van der Waals surface area contributed by atoms with Gasteiger partial charge in [0.25, 0.3) is 5.91 Å². The highest BCUT2D eigenvalue weighted by Gasteiger charge is 2.58. The first-order chi connectivity index (χ1) is 18.8. The summed E-state index contributed by atoms with van der Waals surface area (Å²) in [7, 11) is 0. The lowest BCUT2D eigenvalue weighted by Crippen LogP contribution is -2.50. The minimum absolute atomic E-state index is 0.0439. The van der Waals surface area contributed by atoms with Gasteiger partial charge in [0.2, 0.25) is 0 Å². The number of rotatable bonds is 13. The average Bonchev–Trinajstić information content (AvgIpc) is 3.51. The van der Waals surface area contributed by atoms with Crippen LogP contribution in [0.25, 0.3) is 0 Å². The molecule has 3 unspecified atom stereocenters. The topological polar surface area (TPSA) is 79.9 Å². The van der Waals surface area contributed by atoms with E-state index in [2.05, 4.69) is 15.5 Å². The molecule has 9 heteroatoms. The monoisotopic (exact) mass is 539 g/mol. The number of nitrogens with one attached hydrogen (secondary N) is 2. The number of carbonyl (C=O) groups is 2. The largest absolute Gasteiger partial charge is 0.463 e. The predicted molar refractivity (Wildman–Crippen MR) is 145 cm³/mol. The molecule has 4 rings (SSSR count). The maximum absolute atomic E-state index is 14.8. The number of anilines is 1. The number of nitrogens with zero attached hydrogens (tertiary/aromatic N) is 1. The van der Waals surface area contributed by atoms with Crippen LogP contribution < -0.4 is 10.6 Å². The Kier molecular flexibility index (Phi) is 9.14. The van der Waals surface area contributed by atoms with E-state index in [9.17, 15) is 18.4 Å². The van der Waals surface area contributed by atoms with Crippen LogP contribution in [0.5, 0.6) is 0 Å². The number of hydrogen-bond acceptors (Lipinski definition) is 6. The number of halogens is 2. The third kappa shape index (κ3) is 5.89. The van der Waals surface area contributed by atoms with E-state index in [0.29, 0.717) is 13.1 Å². The number of hydrogen-bond donors (Lipinski definition) is 2. The van der Waals surface area contributed by atoms with Crippen molar-refractivity contribution in [2.45, 2.75) is 44.9 Å². The molecule has 208 valence electrons. The third-order valence-corrected chi connectivity index (χ3v) is 7.20. The zero-order valence-corrected chi connectivity index (χ0v) is 22.5. The number of esters is 1. The standard InChI is InChI=1S/C30H35F2N3O4/c1-4-35(5-2)18-17-33-28(36)25-23-15-16-30(39-23,26(25)29(37)38-6-3)24(19-20-11-8-7-9-12-20)34-27-21(31)13-10-14-22(27)32/h7-16,23-24,34H,4-6,17-19H2,1-3H3,(H,33,36). The van der Waals surface area contributed by atoms with Crippen molar-refractivity contribution in [3.8, 4) is 0 Å². The number of carbonyl (C=O) groups excluding carboxylic acids is 2. The maximum atomic E-state index is 14.8. The fourth-order valence-corrected chi connectivity index (χ4v) is 5.19. The van der Waals surface area contributed by atoms with E-state index in [-0.39, 0.29) is 29.9 Å². The van der Waals surface area contributed by atoms with Crippen LogP contribution in [-0.2, 0) is 25.5 Å². The Morgan fingerprint density at radius 2 is 1.74 bits per heavy atom. The summed E-state index contributed by atoms with van der Waals surface area (Å²) >= 11 is 0. The van der Waals surface area contributed by atoms with Gasteiger partial charge in [-0.25, -0.2) is 13.6 Å². The van der Waals surface area contributed by atoms with Crippen LogP contribution in [0.1, 0.15) is 26.3 Å². The molecule has 0 saturated carbocycles. The first kappa shape index (κ1) is 28.4. The summed E-state index contributed by atoms with van der Waals surface area (Å²) in [5.74, 6) is -2.70. The molecule has 2 N–H and O–H groups in total. The fraction of sp³-hybridized carbons (Fsp3) is 0.400. The molecule has 1 amide bonds. The minimum atomic E-state index is -1.49. The Balaban J connectivity index is 1.75. The Labute approximate surface area is 227 Å². The number of amides is 1. The van der Waals surface area contributed by atoms with Gasteiger partial charge in [-0.15, -0.1) is 0 Å². The van der Waals surface area contributed by atoms with Gasteiger partial charge in [0.05, 0.1) is 23.8 Å². The van der Waals surface area contributed by atoms with Gasteiger partial charge in [-0.05, 0) is 50.2 Å². The maximum Gasteiger partial charge on any atom is 0.337 e. The molecule has 2 aromatic rings. The summed E-state index contributed by atoms with van der Waals surface area (Å²) in [4.78, 5) is 29.0. The van der Waals surface area contributed by atoms with Crippen LogP contribution in [-0.4, -0.2) is 67.3 Å². The molecule has 2 bridgehead atoms. The second-order valence-electron chi connectivity index (χ2n) is 9.47. The molecule has 3 atom stereocenters. The van der Waals surface area contributed by atoms with Gasteiger partial charge >= 0.3 is 5.97 Å². The van der Waals surface area contributed by atoms with Gasteiger partial charge in [0, 0.05) is 13.1 Å². The number of fused-ring (bicyclic) bond motifs is 2. The summed E-state index contributed by atoms with van der Waals surface area (Å²) in [5.41, 5.74) is -0.783. The summed E-state index contributed by atoms with van der Waals surface area (Å²) in [6.07, 6.45) is 2.84. The molecule has 39 heavy (non-hydrogen) atoms. The van der Waals surface area contributed by atoms with Gasteiger partial charge in [-0.1, -0.05) is 56.3 Å². The highest BCUT2D eigenvalue weighted by atomic mass is 19.1. The van der Waals surface area contributed by atoms with Gasteiger partial charge in [0.15, 0.2) is 0 Å². The average molecular weight is 540 g/mol. The van der Waals surface area contributed by atoms with Gasteiger partial charge < -0.3 is 25.0 Å². The molecule has 0 aromatic heterocycles. The first-order valence-corrected chi connectivity index (χ1v) is 13.4. The van der Waals surface area contributed by atoms with E-state index in [1.165, 1.54) is 6.07 Å². The Morgan fingerprint density at radius 1 is 1.05 bits per heavy atom. The van der Waals surface area contributed by atoms with Crippen molar-refractivity contribution in [1.82, 2.24) is 10.2 Å². The first-order valence-electron chi connectivity index (χ1n) is 13.4. The van der Waals surface area contributed by atoms with Crippen LogP contribution in [0.2, 0.25) is 0 Å².